The first kappa shape index (κ1) is 7.87. The molecule has 0 aromatic carbocycles. The van der Waals surface area contributed by atoms with Crippen LogP contribution in [0.1, 0.15) is 25.7 Å². The maximum atomic E-state index is 5.71. The van der Waals surface area contributed by atoms with Crippen LogP contribution in [0.2, 0.25) is 0 Å². The van der Waals surface area contributed by atoms with Gasteiger partial charge in [-0.05, 0) is 25.7 Å². The third-order valence-corrected chi connectivity index (χ3v) is 2.08. The summed E-state index contributed by atoms with van der Waals surface area (Å²) in [7, 11) is 0. The lowest BCUT2D eigenvalue weighted by molar-refractivity contribution is 0.913. The van der Waals surface area contributed by atoms with Gasteiger partial charge in [0.2, 0.25) is 0 Å². The minimum atomic E-state index is 0.716. The maximum absolute atomic E-state index is 5.71. The lowest BCUT2D eigenvalue weighted by atomic mass is 10.1. The van der Waals surface area contributed by atoms with Crippen molar-refractivity contribution >= 4 is 11.6 Å². The summed E-state index contributed by atoms with van der Waals surface area (Å²) in [6, 6.07) is 0. The number of alkyl halides is 1. The first-order valence-electron chi connectivity index (χ1n) is 3.82. The molecular formula is C9H13Cl. The molecule has 0 heterocycles. The molecular weight excluding hydrogens is 144 g/mol. The van der Waals surface area contributed by atoms with Crippen LogP contribution in [-0.2, 0) is 0 Å². The van der Waals surface area contributed by atoms with Gasteiger partial charge in [0.1, 0.15) is 0 Å². The molecule has 0 atom stereocenters. The van der Waals surface area contributed by atoms with Crippen molar-refractivity contribution < 1.29 is 0 Å². The molecule has 0 N–H and O–H groups in total. The van der Waals surface area contributed by atoms with Crippen LogP contribution >= 0.6 is 11.6 Å². The number of hydrogen-bond donors (Lipinski definition) is 0. The van der Waals surface area contributed by atoms with Crippen LogP contribution in [-0.4, -0.2) is 5.88 Å². The highest BCUT2D eigenvalue weighted by Gasteiger charge is 1.95. The van der Waals surface area contributed by atoms with E-state index in [1.807, 2.05) is 0 Å². The number of hydrogen-bond acceptors (Lipinski definition) is 0. The summed E-state index contributed by atoms with van der Waals surface area (Å²) in [6.45, 7) is 0. The van der Waals surface area contributed by atoms with Crippen molar-refractivity contribution in [2.24, 2.45) is 0 Å². The quantitative estimate of drug-likeness (QED) is 0.404. The smallest absolute Gasteiger partial charge is 0.0433 e. The number of halogens is 1. The molecule has 0 fully saturated rings. The van der Waals surface area contributed by atoms with Crippen LogP contribution in [0.25, 0.3) is 0 Å². The van der Waals surface area contributed by atoms with Crippen LogP contribution in [0, 0.1) is 0 Å². The van der Waals surface area contributed by atoms with Crippen molar-refractivity contribution in [3.05, 3.63) is 23.8 Å². The largest absolute Gasteiger partial charge is 0.122 e. The molecule has 1 heteroatoms. The van der Waals surface area contributed by atoms with Crippen molar-refractivity contribution in [3.63, 3.8) is 0 Å². The summed E-state index contributed by atoms with van der Waals surface area (Å²) >= 11 is 5.71. The molecule has 0 spiro atoms. The zero-order valence-electron chi connectivity index (χ0n) is 6.15. The fourth-order valence-electron chi connectivity index (χ4n) is 1.11. The summed E-state index contributed by atoms with van der Waals surface area (Å²) < 4.78 is 0. The van der Waals surface area contributed by atoms with Crippen molar-refractivity contribution in [2.75, 3.05) is 5.88 Å². The van der Waals surface area contributed by atoms with Crippen molar-refractivity contribution in [3.8, 4) is 0 Å². The maximum Gasteiger partial charge on any atom is 0.0433 e. The molecule has 0 saturated heterocycles. The van der Waals surface area contributed by atoms with E-state index in [1.165, 1.54) is 24.8 Å². The van der Waals surface area contributed by atoms with E-state index in [9.17, 15) is 0 Å². The highest BCUT2D eigenvalue weighted by Crippen LogP contribution is 2.12. The Morgan fingerprint density at radius 3 is 2.80 bits per heavy atom. The second-order valence-electron chi connectivity index (χ2n) is 2.58. The predicted octanol–water partition coefficient (Wildman–Crippen LogP) is 3.28. The van der Waals surface area contributed by atoms with Crippen LogP contribution in [0.3, 0.4) is 0 Å². The van der Waals surface area contributed by atoms with Crippen molar-refractivity contribution in [2.45, 2.75) is 25.7 Å². The Bertz CT molecular complexity index is 145. The second kappa shape index (κ2) is 4.56. The van der Waals surface area contributed by atoms with Gasteiger partial charge in [-0.3, -0.25) is 0 Å². The van der Waals surface area contributed by atoms with Crippen molar-refractivity contribution in [1.29, 1.82) is 0 Å². The average molecular weight is 157 g/mol. The molecule has 56 valence electrons. The third kappa shape index (κ3) is 2.57. The first-order valence-corrected chi connectivity index (χ1v) is 4.36. The summed E-state index contributed by atoms with van der Waals surface area (Å²) in [5.74, 6) is 0.716. The molecule has 0 unspecified atom stereocenters. The first-order chi connectivity index (χ1) is 4.93. The Morgan fingerprint density at radius 1 is 1.20 bits per heavy atom. The van der Waals surface area contributed by atoms with E-state index in [-0.39, 0.29) is 0 Å². The van der Waals surface area contributed by atoms with Gasteiger partial charge in [-0.15, -0.1) is 11.6 Å². The van der Waals surface area contributed by atoms with Crippen LogP contribution < -0.4 is 0 Å². The highest BCUT2D eigenvalue weighted by molar-refractivity contribution is 6.19. The summed E-state index contributed by atoms with van der Waals surface area (Å²) in [6.07, 6.45) is 11.4. The van der Waals surface area contributed by atoms with E-state index in [1.54, 1.807) is 0 Å². The van der Waals surface area contributed by atoms with Gasteiger partial charge in [-0.25, -0.2) is 0 Å². The molecule has 1 aliphatic rings. The molecule has 0 aliphatic heterocycles. The highest BCUT2D eigenvalue weighted by atomic mass is 35.5. The Hall–Kier alpha value is -0.230. The molecule has 0 amide bonds. The fraction of sp³-hybridized carbons (Fsp3) is 0.556. The summed E-state index contributed by atoms with van der Waals surface area (Å²) in [5.41, 5.74) is 1.41. The summed E-state index contributed by atoms with van der Waals surface area (Å²) in [5, 5.41) is 0. The Kier molecular flexibility index (Phi) is 3.59. The number of allylic oxidation sites excluding steroid dienone is 4. The van der Waals surface area contributed by atoms with Crippen LogP contribution in [0.4, 0.5) is 0 Å². The molecule has 0 aromatic rings. The van der Waals surface area contributed by atoms with Gasteiger partial charge in [0.25, 0.3) is 0 Å². The van der Waals surface area contributed by atoms with Gasteiger partial charge >= 0.3 is 0 Å². The average Bonchev–Trinajstić information content (AvgIpc) is 1.87. The third-order valence-electron chi connectivity index (χ3n) is 1.74. The molecule has 0 aromatic heterocycles. The van der Waals surface area contributed by atoms with Crippen LogP contribution in [0.15, 0.2) is 23.8 Å². The van der Waals surface area contributed by atoms with Crippen LogP contribution in [0.5, 0.6) is 0 Å². The van der Waals surface area contributed by atoms with Gasteiger partial charge < -0.3 is 0 Å². The predicted molar refractivity (Wildman–Crippen MR) is 46.4 cm³/mol. The molecule has 1 aliphatic carbocycles. The van der Waals surface area contributed by atoms with Crippen molar-refractivity contribution in [1.82, 2.24) is 0 Å². The molecule has 0 bridgehead atoms. The molecule has 0 nitrogen and oxygen atoms in total. The Balaban J connectivity index is 2.41. The normalized spacial score (nSPS) is 19.5. The minimum absolute atomic E-state index is 0.716. The van der Waals surface area contributed by atoms with Gasteiger partial charge in [0.15, 0.2) is 0 Å². The van der Waals surface area contributed by atoms with Gasteiger partial charge in [0.05, 0.1) is 0 Å². The van der Waals surface area contributed by atoms with E-state index in [2.05, 4.69) is 18.2 Å². The topological polar surface area (TPSA) is 0 Å². The van der Waals surface area contributed by atoms with E-state index < -0.39 is 0 Å². The summed E-state index contributed by atoms with van der Waals surface area (Å²) in [4.78, 5) is 0. The van der Waals surface area contributed by atoms with Gasteiger partial charge in [-0.2, -0.15) is 0 Å². The van der Waals surface area contributed by atoms with E-state index >= 15 is 0 Å². The molecule has 10 heavy (non-hydrogen) atoms. The SMILES string of the molecule is ClCC1=CCCC=CCC1. The number of rotatable bonds is 1. The van der Waals surface area contributed by atoms with E-state index in [0.29, 0.717) is 5.88 Å². The van der Waals surface area contributed by atoms with E-state index in [4.69, 9.17) is 11.6 Å². The Morgan fingerprint density at radius 2 is 2.00 bits per heavy atom. The zero-order chi connectivity index (χ0) is 7.23. The van der Waals surface area contributed by atoms with E-state index in [0.717, 1.165) is 6.42 Å². The standard InChI is InChI=1S/C9H13Cl/c10-8-9-6-4-2-1-3-5-7-9/h1-2,7H,3-6,8H2. The monoisotopic (exact) mass is 156 g/mol. The second-order valence-corrected chi connectivity index (χ2v) is 2.85. The molecule has 1 rings (SSSR count). The minimum Gasteiger partial charge on any atom is -0.122 e. The zero-order valence-corrected chi connectivity index (χ0v) is 6.90. The van der Waals surface area contributed by atoms with Gasteiger partial charge in [0, 0.05) is 5.88 Å². The molecule has 0 radical (unpaired) electrons. The van der Waals surface area contributed by atoms with Gasteiger partial charge in [-0.1, -0.05) is 23.8 Å². The lowest BCUT2D eigenvalue weighted by Crippen LogP contribution is -1.87. The fourth-order valence-corrected chi connectivity index (χ4v) is 1.35. The lowest BCUT2D eigenvalue weighted by Gasteiger charge is -2.03. The molecule has 0 saturated carbocycles. The Labute approximate surface area is 67.6 Å².